The summed E-state index contributed by atoms with van der Waals surface area (Å²) in [6.45, 7) is 4.23. The van der Waals surface area contributed by atoms with Crippen LogP contribution >= 0.6 is 11.3 Å². The van der Waals surface area contributed by atoms with E-state index < -0.39 is 0 Å². The molecular formula is C19H15FN2OS. The highest BCUT2D eigenvalue weighted by molar-refractivity contribution is 7.16. The van der Waals surface area contributed by atoms with Gasteiger partial charge in [0.15, 0.2) is 4.80 Å². The van der Waals surface area contributed by atoms with Crippen molar-refractivity contribution in [3.8, 4) is 0 Å². The lowest BCUT2D eigenvalue weighted by atomic mass is 10.2. The Hall–Kier alpha value is -2.79. The van der Waals surface area contributed by atoms with Gasteiger partial charge in [-0.25, -0.2) is 4.39 Å². The summed E-state index contributed by atoms with van der Waals surface area (Å²) >= 11 is 1.28. The first-order valence-electron chi connectivity index (χ1n) is 7.39. The van der Waals surface area contributed by atoms with E-state index in [2.05, 4.69) is 11.6 Å². The first-order valence-corrected chi connectivity index (χ1v) is 8.20. The SMILES string of the molecule is C=CCn1c(=NC(=O)/C=C/c2ccccc2)sc2cc(F)ccc21. The minimum Gasteiger partial charge on any atom is -0.312 e. The molecule has 0 saturated heterocycles. The number of hydrogen-bond acceptors (Lipinski definition) is 2. The largest absolute Gasteiger partial charge is 0.312 e. The molecule has 0 aliphatic rings. The van der Waals surface area contributed by atoms with E-state index in [0.29, 0.717) is 11.3 Å². The van der Waals surface area contributed by atoms with Crippen molar-refractivity contribution in [1.29, 1.82) is 0 Å². The van der Waals surface area contributed by atoms with Crippen molar-refractivity contribution >= 4 is 33.5 Å². The van der Waals surface area contributed by atoms with Gasteiger partial charge in [-0.3, -0.25) is 4.79 Å². The number of halogens is 1. The van der Waals surface area contributed by atoms with Gasteiger partial charge in [0.1, 0.15) is 5.82 Å². The number of amides is 1. The molecule has 120 valence electrons. The van der Waals surface area contributed by atoms with Gasteiger partial charge in [-0.15, -0.1) is 6.58 Å². The minimum atomic E-state index is -0.358. The first-order chi connectivity index (χ1) is 11.7. The number of benzene rings is 2. The second-order valence-corrected chi connectivity index (χ2v) is 6.10. The van der Waals surface area contributed by atoms with Gasteiger partial charge >= 0.3 is 0 Å². The summed E-state index contributed by atoms with van der Waals surface area (Å²) in [4.78, 5) is 16.8. The molecule has 0 radical (unpaired) electrons. The second-order valence-electron chi connectivity index (χ2n) is 5.09. The predicted octanol–water partition coefficient (Wildman–Crippen LogP) is 4.17. The highest BCUT2D eigenvalue weighted by atomic mass is 32.1. The Kier molecular flexibility index (Phi) is 4.82. The van der Waals surface area contributed by atoms with E-state index in [1.807, 2.05) is 34.9 Å². The van der Waals surface area contributed by atoms with Gasteiger partial charge in [-0.1, -0.05) is 47.7 Å². The number of rotatable bonds is 4. The summed E-state index contributed by atoms with van der Waals surface area (Å²) in [5.74, 6) is -0.667. The Morgan fingerprint density at radius 2 is 2.04 bits per heavy atom. The lowest BCUT2D eigenvalue weighted by molar-refractivity contribution is -0.113. The van der Waals surface area contributed by atoms with E-state index >= 15 is 0 Å². The molecular weight excluding hydrogens is 323 g/mol. The molecule has 24 heavy (non-hydrogen) atoms. The number of hydrogen-bond donors (Lipinski definition) is 0. The zero-order chi connectivity index (χ0) is 16.9. The van der Waals surface area contributed by atoms with Crippen LogP contribution in [0, 0.1) is 5.82 Å². The van der Waals surface area contributed by atoms with Gasteiger partial charge in [0.25, 0.3) is 5.91 Å². The molecule has 1 heterocycles. The van der Waals surface area contributed by atoms with Crippen LogP contribution in [-0.2, 0) is 11.3 Å². The Bertz CT molecular complexity index is 984. The van der Waals surface area contributed by atoms with Crippen molar-refractivity contribution in [2.24, 2.45) is 4.99 Å². The molecule has 0 fully saturated rings. The predicted molar refractivity (Wildman–Crippen MR) is 96.0 cm³/mol. The summed E-state index contributed by atoms with van der Waals surface area (Å²) in [6.07, 6.45) is 4.87. The monoisotopic (exact) mass is 338 g/mol. The summed E-state index contributed by atoms with van der Waals surface area (Å²) in [5, 5.41) is 0. The van der Waals surface area contributed by atoms with Crippen molar-refractivity contribution < 1.29 is 9.18 Å². The molecule has 5 heteroatoms. The third kappa shape index (κ3) is 3.58. The molecule has 1 amide bonds. The van der Waals surface area contributed by atoms with Crippen LogP contribution in [0.3, 0.4) is 0 Å². The van der Waals surface area contributed by atoms with E-state index in [9.17, 15) is 9.18 Å². The van der Waals surface area contributed by atoms with Crippen molar-refractivity contribution in [1.82, 2.24) is 4.57 Å². The zero-order valence-corrected chi connectivity index (χ0v) is 13.7. The molecule has 3 aromatic rings. The van der Waals surface area contributed by atoms with Crippen molar-refractivity contribution in [2.75, 3.05) is 0 Å². The Balaban J connectivity index is 1.99. The lowest BCUT2D eigenvalue weighted by Gasteiger charge is -2.00. The van der Waals surface area contributed by atoms with E-state index in [0.717, 1.165) is 15.8 Å². The average molecular weight is 338 g/mol. The minimum absolute atomic E-state index is 0.309. The van der Waals surface area contributed by atoms with E-state index in [1.165, 1.54) is 29.5 Å². The number of fused-ring (bicyclic) bond motifs is 1. The fourth-order valence-electron chi connectivity index (χ4n) is 2.30. The maximum atomic E-state index is 13.4. The van der Waals surface area contributed by atoms with E-state index in [1.54, 1.807) is 18.2 Å². The summed E-state index contributed by atoms with van der Waals surface area (Å²) in [7, 11) is 0. The number of carbonyl (C=O) groups is 1. The second kappa shape index (κ2) is 7.19. The Morgan fingerprint density at radius 1 is 1.25 bits per heavy atom. The lowest BCUT2D eigenvalue weighted by Crippen LogP contribution is -2.15. The zero-order valence-electron chi connectivity index (χ0n) is 12.9. The molecule has 0 aliphatic heterocycles. The molecule has 0 atom stereocenters. The van der Waals surface area contributed by atoms with Crippen LogP contribution in [0.25, 0.3) is 16.3 Å². The first kappa shape index (κ1) is 16.1. The molecule has 3 rings (SSSR count). The number of carbonyl (C=O) groups excluding carboxylic acids is 1. The molecule has 0 N–H and O–H groups in total. The highest BCUT2D eigenvalue weighted by Gasteiger charge is 2.07. The van der Waals surface area contributed by atoms with Gasteiger partial charge in [0.2, 0.25) is 0 Å². The van der Waals surface area contributed by atoms with Crippen LogP contribution in [0.4, 0.5) is 4.39 Å². The number of nitrogens with zero attached hydrogens (tertiary/aromatic N) is 2. The number of allylic oxidation sites excluding steroid dienone is 1. The van der Waals surface area contributed by atoms with Crippen LogP contribution in [0.1, 0.15) is 5.56 Å². The quantitative estimate of drug-likeness (QED) is 0.519. The molecule has 0 aliphatic carbocycles. The van der Waals surface area contributed by atoms with Crippen molar-refractivity contribution in [3.63, 3.8) is 0 Å². The number of thiazole rings is 1. The Labute approximate surface area is 142 Å². The fourth-order valence-corrected chi connectivity index (χ4v) is 3.37. The van der Waals surface area contributed by atoms with Gasteiger partial charge in [0, 0.05) is 12.6 Å². The summed E-state index contributed by atoms with van der Waals surface area (Å²) in [6, 6.07) is 14.1. The van der Waals surface area contributed by atoms with Crippen LogP contribution in [0.15, 0.2) is 72.3 Å². The molecule has 1 aromatic heterocycles. The standard InChI is InChI=1S/C19H15FN2OS/c1-2-12-22-16-10-9-15(20)13-17(16)24-19(22)21-18(23)11-8-14-6-4-3-5-7-14/h2-11,13H,1,12H2/b11-8+,21-19?. The molecule has 0 spiro atoms. The molecule has 3 nitrogen and oxygen atoms in total. The van der Waals surface area contributed by atoms with Crippen LogP contribution < -0.4 is 4.80 Å². The molecule has 0 unspecified atom stereocenters. The topological polar surface area (TPSA) is 34.4 Å². The third-order valence-corrected chi connectivity index (χ3v) is 4.42. The fraction of sp³-hybridized carbons (Fsp3) is 0.0526. The Morgan fingerprint density at radius 3 is 2.79 bits per heavy atom. The van der Waals surface area contributed by atoms with Gasteiger partial charge in [0.05, 0.1) is 10.2 Å². The summed E-state index contributed by atoms with van der Waals surface area (Å²) in [5.41, 5.74) is 1.76. The van der Waals surface area contributed by atoms with Gasteiger partial charge < -0.3 is 4.57 Å². The van der Waals surface area contributed by atoms with Crippen molar-refractivity contribution in [2.45, 2.75) is 6.54 Å². The molecule has 2 aromatic carbocycles. The van der Waals surface area contributed by atoms with Crippen LogP contribution in [-0.4, -0.2) is 10.5 Å². The van der Waals surface area contributed by atoms with Crippen molar-refractivity contribution in [3.05, 3.63) is 83.4 Å². The van der Waals surface area contributed by atoms with E-state index in [-0.39, 0.29) is 11.7 Å². The van der Waals surface area contributed by atoms with Gasteiger partial charge in [-0.2, -0.15) is 4.99 Å². The highest BCUT2D eigenvalue weighted by Crippen LogP contribution is 2.18. The third-order valence-electron chi connectivity index (χ3n) is 3.38. The number of aromatic nitrogens is 1. The van der Waals surface area contributed by atoms with Gasteiger partial charge in [-0.05, 0) is 29.8 Å². The molecule has 0 bridgehead atoms. The maximum Gasteiger partial charge on any atom is 0.272 e. The van der Waals surface area contributed by atoms with Crippen LogP contribution in [0.5, 0.6) is 0 Å². The average Bonchev–Trinajstić information content (AvgIpc) is 2.91. The van der Waals surface area contributed by atoms with E-state index in [4.69, 9.17) is 0 Å². The smallest absolute Gasteiger partial charge is 0.272 e. The molecule has 0 saturated carbocycles. The normalized spacial score (nSPS) is 12.1. The summed E-state index contributed by atoms with van der Waals surface area (Å²) < 4.78 is 16.0. The van der Waals surface area contributed by atoms with Crippen LogP contribution in [0.2, 0.25) is 0 Å². The maximum absolute atomic E-state index is 13.4.